The zero-order valence-electron chi connectivity index (χ0n) is 17.8. The molecule has 31 heavy (non-hydrogen) atoms. The van der Waals surface area contributed by atoms with E-state index in [0.717, 1.165) is 42.2 Å². The van der Waals surface area contributed by atoms with Crippen LogP contribution in [0, 0.1) is 0 Å². The first-order chi connectivity index (χ1) is 15.0. The highest BCUT2D eigenvalue weighted by Crippen LogP contribution is 2.25. The maximum atomic E-state index is 12.9. The van der Waals surface area contributed by atoms with Gasteiger partial charge in [-0.1, -0.05) is 12.1 Å². The molecule has 0 radical (unpaired) electrons. The monoisotopic (exact) mass is 423 g/mol. The number of amides is 2. The lowest BCUT2D eigenvalue weighted by molar-refractivity contribution is -0.116. The summed E-state index contributed by atoms with van der Waals surface area (Å²) in [6.45, 7) is 3.72. The van der Waals surface area contributed by atoms with E-state index < -0.39 is 6.10 Å². The van der Waals surface area contributed by atoms with Gasteiger partial charge in [0.25, 0.3) is 5.91 Å². The third-order valence-corrected chi connectivity index (χ3v) is 6.13. The average molecular weight is 424 g/mol. The number of benzene rings is 2. The summed E-state index contributed by atoms with van der Waals surface area (Å²) >= 11 is 0. The Morgan fingerprint density at radius 2 is 1.84 bits per heavy atom. The van der Waals surface area contributed by atoms with Gasteiger partial charge < -0.3 is 20.1 Å². The topological polar surface area (TPSA) is 82.1 Å². The second-order valence-corrected chi connectivity index (χ2v) is 8.13. The number of anilines is 1. The van der Waals surface area contributed by atoms with E-state index in [1.54, 1.807) is 13.2 Å². The minimum atomic E-state index is -0.512. The first kappa shape index (κ1) is 21.3. The molecule has 1 saturated heterocycles. The molecule has 1 atom stereocenters. The van der Waals surface area contributed by atoms with Crippen molar-refractivity contribution in [2.24, 2.45) is 0 Å². The quantitative estimate of drug-likeness (QED) is 0.746. The van der Waals surface area contributed by atoms with Crippen molar-refractivity contribution in [3.05, 3.63) is 59.2 Å². The molecule has 2 aromatic rings. The Labute approximate surface area is 182 Å². The number of hydrogen-bond acceptors (Lipinski definition) is 5. The molecule has 0 aromatic heterocycles. The summed E-state index contributed by atoms with van der Waals surface area (Å²) < 4.78 is 5.16. The highest BCUT2D eigenvalue weighted by Gasteiger charge is 2.24. The fraction of sp³-hybridized carbons (Fsp3) is 0.417. The minimum Gasteiger partial charge on any atom is -0.497 e. The number of piperazine rings is 1. The molecule has 2 amide bonds. The van der Waals surface area contributed by atoms with Crippen LogP contribution >= 0.6 is 0 Å². The summed E-state index contributed by atoms with van der Waals surface area (Å²) in [5.41, 5.74) is 3.40. The zero-order chi connectivity index (χ0) is 21.8. The molecule has 1 fully saturated rings. The molecule has 0 bridgehead atoms. The Morgan fingerprint density at radius 1 is 1.10 bits per heavy atom. The predicted molar refractivity (Wildman–Crippen MR) is 118 cm³/mol. The molecule has 7 heteroatoms. The number of hydrogen-bond donors (Lipinski definition) is 2. The van der Waals surface area contributed by atoms with Crippen molar-refractivity contribution in [1.29, 1.82) is 0 Å². The number of methoxy groups -OCH3 is 1. The smallest absolute Gasteiger partial charge is 0.253 e. The number of ether oxygens (including phenoxy) is 1. The zero-order valence-corrected chi connectivity index (χ0v) is 17.8. The van der Waals surface area contributed by atoms with Gasteiger partial charge in [0.15, 0.2) is 0 Å². The number of rotatable bonds is 6. The van der Waals surface area contributed by atoms with E-state index in [9.17, 15) is 14.7 Å². The minimum absolute atomic E-state index is 0.0276. The highest BCUT2D eigenvalue weighted by atomic mass is 16.5. The number of aliphatic hydroxyl groups is 1. The van der Waals surface area contributed by atoms with Gasteiger partial charge in [-0.2, -0.15) is 0 Å². The summed E-state index contributed by atoms with van der Waals surface area (Å²) in [5.74, 6) is 0.845. The lowest BCUT2D eigenvalue weighted by Crippen LogP contribution is -2.49. The van der Waals surface area contributed by atoms with Gasteiger partial charge in [0.2, 0.25) is 5.91 Å². The molecule has 2 aliphatic rings. The summed E-state index contributed by atoms with van der Waals surface area (Å²) in [5, 5.41) is 13.3. The average Bonchev–Trinajstić information content (AvgIpc) is 2.82. The molecule has 0 spiro atoms. The molecule has 2 N–H and O–H groups in total. The Bertz CT molecular complexity index is 936. The second kappa shape index (κ2) is 9.49. The molecule has 4 rings (SSSR count). The van der Waals surface area contributed by atoms with Gasteiger partial charge in [-0.25, -0.2) is 0 Å². The number of aryl methyl sites for hydroxylation is 1. The van der Waals surface area contributed by atoms with Crippen LogP contribution in [0.2, 0.25) is 0 Å². The van der Waals surface area contributed by atoms with Crippen molar-refractivity contribution < 1.29 is 19.4 Å². The molecule has 2 aliphatic heterocycles. The maximum Gasteiger partial charge on any atom is 0.253 e. The van der Waals surface area contributed by atoms with Gasteiger partial charge in [0.05, 0.1) is 13.2 Å². The molecular formula is C24H29N3O4. The van der Waals surface area contributed by atoms with E-state index in [4.69, 9.17) is 4.74 Å². The van der Waals surface area contributed by atoms with Crippen LogP contribution in [0.4, 0.5) is 5.69 Å². The number of carbonyl (C=O) groups is 2. The van der Waals surface area contributed by atoms with Crippen molar-refractivity contribution in [2.75, 3.05) is 45.2 Å². The maximum absolute atomic E-state index is 12.9. The Morgan fingerprint density at radius 3 is 2.55 bits per heavy atom. The first-order valence-electron chi connectivity index (χ1n) is 10.8. The lowest BCUT2D eigenvalue weighted by Gasteiger charge is -2.35. The number of aliphatic hydroxyl groups excluding tert-OH is 1. The first-order valence-corrected chi connectivity index (χ1v) is 10.8. The summed E-state index contributed by atoms with van der Waals surface area (Å²) in [6, 6.07) is 13.0. The second-order valence-electron chi connectivity index (χ2n) is 8.13. The van der Waals surface area contributed by atoms with Crippen molar-refractivity contribution in [3.63, 3.8) is 0 Å². The van der Waals surface area contributed by atoms with E-state index >= 15 is 0 Å². The van der Waals surface area contributed by atoms with Crippen molar-refractivity contribution >= 4 is 17.5 Å². The van der Waals surface area contributed by atoms with Gasteiger partial charge in [0, 0.05) is 50.4 Å². The number of fused-ring (bicyclic) bond motifs is 1. The van der Waals surface area contributed by atoms with Gasteiger partial charge >= 0.3 is 0 Å². The van der Waals surface area contributed by atoms with Crippen LogP contribution < -0.4 is 10.1 Å². The number of nitrogens with zero attached hydrogens (tertiary/aromatic N) is 2. The van der Waals surface area contributed by atoms with Crippen LogP contribution in [0.5, 0.6) is 5.75 Å². The highest BCUT2D eigenvalue weighted by molar-refractivity contribution is 5.98. The molecule has 0 aliphatic carbocycles. The van der Waals surface area contributed by atoms with Gasteiger partial charge in [-0.05, 0) is 54.3 Å². The van der Waals surface area contributed by atoms with Gasteiger partial charge in [0.1, 0.15) is 5.75 Å². The van der Waals surface area contributed by atoms with Gasteiger partial charge in [-0.3, -0.25) is 14.5 Å². The van der Waals surface area contributed by atoms with Crippen LogP contribution in [-0.2, 0) is 11.2 Å². The van der Waals surface area contributed by atoms with Crippen LogP contribution in [0.25, 0.3) is 0 Å². The Balaban J connectivity index is 1.26. The van der Waals surface area contributed by atoms with E-state index in [1.807, 2.05) is 41.3 Å². The standard InChI is InChI=1S/C24H29N3O4/c1-31-20-6-2-17(3-7-20)22(28)10-11-26-12-14-27(15-13-26)24(30)19-4-8-21-18(16-19)5-9-23(29)25-21/h2-4,6-8,16,22,28H,5,9-15H2,1H3,(H,25,29). The van der Waals surface area contributed by atoms with Crippen LogP contribution in [0.15, 0.2) is 42.5 Å². The van der Waals surface area contributed by atoms with Crippen molar-refractivity contribution in [1.82, 2.24) is 9.80 Å². The third kappa shape index (κ3) is 5.06. The number of carbonyl (C=O) groups excluding carboxylic acids is 2. The SMILES string of the molecule is COc1ccc(C(O)CCN2CCN(C(=O)c3ccc4c(c3)CCC(=O)N4)CC2)cc1. The van der Waals surface area contributed by atoms with Crippen LogP contribution in [0.3, 0.4) is 0 Å². The molecule has 1 unspecified atom stereocenters. The van der Waals surface area contributed by atoms with E-state index in [0.29, 0.717) is 37.9 Å². The fourth-order valence-electron chi connectivity index (χ4n) is 4.17. The fourth-order valence-corrected chi connectivity index (χ4v) is 4.17. The van der Waals surface area contributed by atoms with Crippen LogP contribution in [-0.4, -0.2) is 66.6 Å². The molecular weight excluding hydrogens is 394 g/mol. The molecule has 164 valence electrons. The number of nitrogens with one attached hydrogen (secondary N) is 1. The predicted octanol–water partition coefficient (Wildman–Crippen LogP) is 2.46. The normalized spacial score (nSPS) is 17.6. The Kier molecular flexibility index (Phi) is 6.53. The van der Waals surface area contributed by atoms with Crippen LogP contribution in [0.1, 0.15) is 40.4 Å². The summed E-state index contributed by atoms with van der Waals surface area (Å²) in [7, 11) is 1.63. The van der Waals surface area contributed by atoms with Crippen molar-refractivity contribution in [2.45, 2.75) is 25.4 Å². The summed E-state index contributed by atoms with van der Waals surface area (Å²) in [6.07, 6.45) is 1.27. The molecule has 2 heterocycles. The van der Waals surface area contributed by atoms with E-state index in [-0.39, 0.29) is 11.8 Å². The molecule has 0 saturated carbocycles. The van der Waals surface area contributed by atoms with E-state index in [1.165, 1.54) is 0 Å². The van der Waals surface area contributed by atoms with E-state index in [2.05, 4.69) is 10.2 Å². The molecule has 7 nitrogen and oxygen atoms in total. The lowest BCUT2D eigenvalue weighted by atomic mass is 10.00. The van der Waals surface area contributed by atoms with Gasteiger partial charge in [-0.15, -0.1) is 0 Å². The Hall–Kier alpha value is -2.90. The third-order valence-electron chi connectivity index (χ3n) is 6.13. The van der Waals surface area contributed by atoms with Crippen molar-refractivity contribution in [3.8, 4) is 5.75 Å². The molecule has 2 aromatic carbocycles. The summed E-state index contributed by atoms with van der Waals surface area (Å²) in [4.78, 5) is 28.6. The largest absolute Gasteiger partial charge is 0.497 e.